The topological polar surface area (TPSA) is 38.0 Å². The number of hydrogen-bond donors (Lipinski definition) is 2. The number of halogens is 1. The fourth-order valence-electron chi connectivity index (χ4n) is 1.56. The van der Waals surface area contributed by atoms with E-state index in [0.29, 0.717) is 0 Å². The van der Waals surface area contributed by atoms with Crippen molar-refractivity contribution >= 4 is 11.6 Å². The van der Waals surface area contributed by atoms with Crippen LogP contribution in [0.3, 0.4) is 0 Å². The summed E-state index contributed by atoms with van der Waals surface area (Å²) < 4.78 is 0. The van der Waals surface area contributed by atoms with Crippen molar-refractivity contribution in [1.29, 1.82) is 0 Å². The van der Waals surface area contributed by atoms with Crippen LogP contribution < -0.4 is 11.3 Å². The molecule has 0 bridgehead atoms. The number of nitrogens with two attached hydrogens (primary N) is 1. The van der Waals surface area contributed by atoms with Crippen LogP contribution in [0.5, 0.6) is 0 Å². The molecule has 0 spiro atoms. The van der Waals surface area contributed by atoms with Gasteiger partial charge in [0.25, 0.3) is 0 Å². The minimum Gasteiger partial charge on any atom is -0.271 e. The van der Waals surface area contributed by atoms with Crippen LogP contribution in [-0.4, -0.2) is 0 Å². The quantitative estimate of drug-likeness (QED) is 0.595. The number of hydrazine groups is 1. The zero-order valence-corrected chi connectivity index (χ0v) is 9.43. The average Bonchev–Trinajstić information content (AvgIpc) is 2.19. The molecule has 0 fully saturated rings. The molecule has 0 aliphatic heterocycles. The van der Waals surface area contributed by atoms with E-state index in [1.165, 1.54) is 0 Å². The predicted octanol–water partition coefficient (Wildman–Crippen LogP) is 2.95. The molecule has 0 heterocycles. The second kappa shape index (κ2) is 5.35. The molecule has 1 aromatic carbocycles. The molecule has 0 aliphatic carbocycles. The molecular weight excluding hydrogens is 196 g/mol. The molecule has 0 aromatic heterocycles. The lowest BCUT2D eigenvalue weighted by Gasteiger charge is -2.17. The lowest BCUT2D eigenvalue weighted by Crippen LogP contribution is -2.28. The Morgan fingerprint density at radius 1 is 1.50 bits per heavy atom. The summed E-state index contributed by atoms with van der Waals surface area (Å²) in [4.78, 5) is 0. The molecule has 0 amide bonds. The van der Waals surface area contributed by atoms with Crippen molar-refractivity contribution in [2.24, 2.45) is 5.84 Å². The zero-order valence-electron chi connectivity index (χ0n) is 8.68. The first-order chi connectivity index (χ1) is 6.70. The van der Waals surface area contributed by atoms with Crippen molar-refractivity contribution in [3.05, 3.63) is 34.3 Å². The number of rotatable bonds is 4. The van der Waals surface area contributed by atoms with E-state index >= 15 is 0 Å². The Kier molecular flexibility index (Phi) is 4.39. The number of benzene rings is 1. The van der Waals surface area contributed by atoms with Crippen molar-refractivity contribution in [3.8, 4) is 0 Å². The van der Waals surface area contributed by atoms with Gasteiger partial charge >= 0.3 is 0 Å². The smallest absolute Gasteiger partial charge is 0.0483 e. The van der Waals surface area contributed by atoms with E-state index in [2.05, 4.69) is 12.3 Å². The van der Waals surface area contributed by atoms with E-state index in [1.54, 1.807) is 0 Å². The van der Waals surface area contributed by atoms with Crippen LogP contribution in [-0.2, 0) is 0 Å². The van der Waals surface area contributed by atoms with Crippen molar-refractivity contribution in [1.82, 2.24) is 5.43 Å². The molecule has 0 radical (unpaired) electrons. The average molecular weight is 213 g/mol. The van der Waals surface area contributed by atoms with E-state index in [9.17, 15) is 0 Å². The van der Waals surface area contributed by atoms with Crippen molar-refractivity contribution in [2.75, 3.05) is 0 Å². The van der Waals surface area contributed by atoms with Gasteiger partial charge in [-0.3, -0.25) is 11.3 Å². The van der Waals surface area contributed by atoms with Gasteiger partial charge in [0, 0.05) is 11.1 Å². The first-order valence-corrected chi connectivity index (χ1v) is 5.29. The lowest BCUT2D eigenvalue weighted by atomic mass is 10.0. The number of aryl methyl sites for hydroxylation is 1. The van der Waals surface area contributed by atoms with Crippen LogP contribution in [0.15, 0.2) is 18.2 Å². The Balaban J connectivity index is 2.97. The molecule has 14 heavy (non-hydrogen) atoms. The third kappa shape index (κ3) is 2.47. The molecule has 3 heteroatoms. The third-order valence-electron chi connectivity index (χ3n) is 2.38. The van der Waals surface area contributed by atoms with Crippen LogP contribution in [0.1, 0.15) is 36.9 Å². The predicted molar refractivity (Wildman–Crippen MR) is 61.2 cm³/mol. The standard InChI is InChI=1S/C11H17ClN2/c1-3-5-10(14-13)9-7-4-6-8(2)11(9)12/h4,6-7,10,14H,3,5,13H2,1-2H3. The minimum atomic E-state index is 0.160. The molecule has 78 valence electrons. The first-order valence-electron chi connectivity index (χ1n) is 4.91. The van der Waals surface area contributed by atoms with Gasteiger partial charge in [0.1, 0.15) is 0 Å². The van der Waals surface area contributed by atoms with E-state index in [-0.39, 0.29) is 6.04 Å². The van der Waals surface area contributed by atoms with E-state index < -0.39 is 0 Å². The van der Waals surface area contributed by atoms with E-state index in [0.717, 1.165) is 29.0 Å². The number of nitrogens with one attached hydrogen (secondary N) is 1. The van der Waals surface area contributed by atoms with Gasteiger partial charge in [-0.25, -0.2) is 0 Å². The van der Waals surface area contributed by atoms with Crippen LogP contribution in [0.2, 0.25) is 5.02 Å². The van der Waals surface area contributed by atoms with E-state index in [4.69, 9.17) is 17.4 Å². The maximum atomic E-state index is 6.21. The van der Waals surface area contributed by atoms with Gasteiger partial charge in [0.05, 0.1) is 0 Å². The first kappa shape index (κ1) is 11.5. The van der Waals surface area contributed by atoms with Crippen LogP contribution in [0, 0.1) is 6.92 Å². The highest BCUT2D eigenvalue weighted by atomic mass is 35.5. The van der Waals surface area contributed by atoms with E-state index in [1.807, 2.05) is 25.1 Å². The summed E-state index contributed by atoms with van der Waals surface area (Å²) in [7, 11) is 0. The van der Waals surface area contributed by atoms with Crippen LogP contribution in [0.4, 0.5) is 0 Å². The second-order valence-corrected chi connectivity index (χ2v) is 3.86. The fourth-order valence-corrected chi connectivity index (χ4v) is 1.81. The molecule has 2 nitrogen and oxygen atoms in total. The minimum absolute atomic E-state index is 0.160. The van der Waals surface area contributed by atoms with Gasteiger partial charge < -0.3 is 0 Å². The van der Waals surface area contributed by atoms with Crippen molar-refractivity contribution < 1.29 is 0 Å². The molecule has 1 unspecified atom stereocenters. The Hall–Kier alpha value is -0.570. The molecule has 0 aliphatic rings. The molecule has 1 aromatic rings. The lowest BCUT2D eigenvalue weighted by molar-refractivity contribution is 0.510. The summed E-state index contributed by atoms with van der Waals surface area (Å²) >= 11 is 6.21. The Labute approximate surface area is 90.4 Å². The Bertz CT molecular complexity index is 299. The monoisotopic (exact) mass is 212 g/mol. The van der Waals surface area contributed by atoms with Gasteiger partial charge in [0.2, 0.25) is 0 Å². The Morgan fingerprint density at radius 2 is 2.21 bits per heavy atom. The van der Waals surface area contributed by atoms with Crippen molar-refractivity contribution in [2.45, 2.75) is 32.7 Å². The maximum Gasteiger partial charge on any atom is 0.0483 e. The summed E-state index contributed by atoms with van der Waals surface area (Å²) in [5.41, 5.74) is 4.99. The van der Waals surface area contributed by atoms with Crippen molar-refractivity contribution in [3.63, 3.8) is 0 Å². The van der Waals surface area contributed by atoms with Crippen LogP contribution in [0.25, 0.3) is 0 Å². The molecule has 0 saturated carbocycles. The summed E-state index contributed by atoms with van der Waals surface area (Å²) in [5.74, 6) is 5.50. The highest BCUT2D eigenvalue weighted by Crippen LogP contribution is 2.27. The number of hydrogen-bond acceptors (Lipinski definition) is 2. The Morgan fingerprint density at radius 3 is 2.79 bits per heavy atom. The zero-order chi connectivity index (χ0) is 10.6. The molecule has 1 rings (SSSR count). The second-order valence-electron chi connectivity index (χ2n) is 3.49. The van der Waals surface area contributed by atoms with Crippen LogP contribution >= 0.6 is 11.6 Å². The highest BCUT2D eigenvalue weighted by molar-refractivity contribution is 6.32. The van der Waals surface area contributed by atoms with Gasteiger partial charge in [-0.1, -0.05) is 43.1 Å². The molecular formula is C11H17ClN2. The summed E-state index contributed by atoms with van der Waals surface area (Å²) in [6, 6.07) is 6.20. The summed E-state index contributed by atoms with van der Waals surface area (Å²) in [6.07, 6.45) is 2.08. The fraction of sp³-hybridized carbons (Fsp3) is 0.455. The third-order valence-corrected chi connectivity index (χ3v) is 2.89. The largest absolute Gasteiger partial charge is 0.271 e. The van der Waals surface area contributed by atoms with Gasteiger partial charge in [-0.15, -0.1) is 0 Å². The normalized spacial score (nSPS) is 12.9. The molecule has 3 N–H and O–H groups in total. The summed E-state index contributed by atoms with van der Waals surface area (Å²) in [6.45, 7) is 4.14. The molecule has 1 atom stereocenters. The van der Waals surface area contributed by atoms with Gasteiger partial charge in [-0.05, 0) is 24.5 Å². The maximum absolute atomic E-state index is 6.21. The molecule has 0 saturated heterocycles. The SMILES string of the molecule is CCCC(NN)c1cccc(C)c1Cl. The highest BCUT2D eigenvalue weighted by Gasteiger charge is 2.12. The van der Waals surface area contributed by atoms with Gasteiger partial charge in [0.15, 0.2) is 0 Å². The van der Waals surface area contributed by atoms with Gasteiger partial charge in [-0.2, -0.15) is 0 Å². The summed E-state index contributed by atoms with van der Waals surface area (Å²) in [5, 5.41) is 0.823.